The molecular formula is C94H109Cl2N11O34. The van der Waals surface area contributed by atoms with Gasteiger partial charge in [-0.15, -0.1) is 0 Å². The number of hydrogen-bond donors (Lipinski definition) is 26. The molecule has 758 valence electrons. The van der Waals surface area contributed by atoms with E-state index >= 15 is 28.8 Å². The predicted octanol–water partition coefficient (Wildman–Crippen LogP) is 0.633. The number of carbonyl (C=O) groups excluding carboxylic acids is 9. The SMILES string of the molecule is CC(=O)N[C@H]1[C@H](O[C@@H]2c3ccc(c(Cl)c3)Oc3cc4cc(c3O[C@@H]3O[C@H](CO)[C@@H](O)[C@H](O)[C@H]3NC(=O)CCCCCCC(C)C)Oc3ccc(cc3Cl)C[C@H]3NC(=O)[C@@H](NC(=O)[C@H](N)CCCCN)c5ccc(O)c(c5)Oc5cc(O)cc(c5)[C@H](NC3=O)C(=O)N[C@H]4C(=O)N[C@H]3C(=O)N[C@@H]2C(=O)N[C@@H](C(=O)O)c2cc(O)cc(O[C@H]4O[C@H](CO)[C@@H](O)[C@H](O)[C@@H]4O)c2-c2cc3ccc2O)O[C@H](CO)[C@@H](O)[C@@H]1O. The number of aliphatic hydroxyl groups is 10. The topological polar surface area (TPSA) is 718 Å². The standard InChI is InChI=1S/C94H109Cl2N11O34/c1-37(2)10-6-4-5-7-12-65(116)101-73-79(121)76(118)63(35-109)138-93(73)141-83-60-29-44-30-61(83)135-57-20-16-42(27-51(57)96)82(140-92-72(99-38(3)111)78(120)75(117)62(34-108)137-92)74-90(130)106-71(91(131)132)49-32-46(113)33-59(136-94-81(123)80(122)77(119)64(36-110)139-94)66(49)48-26-40(14-17-54(48)114)67(87(127)107-74)104-89(129)70(44)105-88(128)69-43-24-45(112)31-47(25-43)133-58-28-41(15-18-55(58)115)68(102-84(124)52(98)11-8-9-21-97)86(126)100-53(85(125)103-69)23-39-13-19-56(134-60)50(95)22-39/h13-20,22,24-33,37,52-53,62-64,67-82,92-94,108-110,112-115,117-123H,4-12,21,23,34-36,97-98H2,1-3H3,(H,99,111)(H,100,126)(H,101,116)(H,102,124)(H,103,125)(H,104,129)(H,105,128)(H,106,130)(H,107,127)(H,131,132)/t52-,53-,62-,63-,64-,67-,68+,69+,70-,71-,72-,73-,74+,75-,76-,77-,78-,79-,80+,81+,82-,92+,93+,94+/m1/s1. The number of unbranched alkanes of at least 4 members (excludes halogenated alkanes) is 4. The van der Waals surface area contributed by atoms with Crippen molar-refractivity contribution in [1.29, 1.82) is 0 Å². The zero-order chi connectivity index (χ0) is 102. The number of nitrogens with one attached hydrogen (secondary N) is 9. The number of carbonyl (C=O) groups is 10. The Morgan fingerprint density at radius 2 is 1.06 bits per heavy atom. The van der Waals surface area contributed by atoms with Gasteiger partial charge >= 0.3 is 5.97 Å². The molecule has 0 aromatic heterocycles. The van der Waals surface area contributed by atoms with Crippen LogP contribution in [0.25, 0.3) is 11.1 Å². The molecule has 9 aliphatic heterocycles. The number of hydrogen-bond acceptors (Lipinski definition) is 35. The van der Waals surface area contributed by atoms with Crippen LogP contribution in [0.4, 0.5) is 0 Å². The van der Waals surface area contributed by atoms with Crippen molar-refractivity contribution in [3.8, 4) is 80.1 Å². The summed E-state index contributed by atoms with van der Waals surface area (Å²) >= 11 is 14.8. The minimum atomic E-state index is -2.62. The normalized spacial score (nSPS) is 28.0. The van der Waals surface area contributed by atoms with Gasteiger partial charge in [-0.1, -0.05) is 93.4 Å². The molecule has 9 amide bonds. The molecule has 0 aliphatic carbocycles. The van der Waals surface area contributed by atoms with Gasteiger partial charge in [-0.3, -0.25) is 43.2 Å². The van der Waals surface area contributed by atoms with Crippen LogP contribution in [0.1, 0.15) is 154 Å². The lowest BCUT2D eigenvalue weighted by Gasteiger charge is -2.44. The van der Waals surface area contributed by atoms with E-state index in [1.54, 1.807) is 0 Å². The number of carboxylic acid groups (broad SMARTS) is 1. The number of fused-ring (bicyclic) bond motifs is 14. The van der Waals surface area contributed by atoms with Crippen LogP contribution in [0.15, 0.2) is 115 Å². The molecule has 16 rings (SSSR count). The van der Waals surface area contributed by atoms with Crippen molar-refractivity contribution in [2.24, 2.45) is 17.4 Å². The molecule has 45 nitrogen and oxygen atoms in total. The molecule has 24 atom stereocenters. The van der Waals surface area contributed by atoms with Gasteiger partial charge in [-0.25, -0.2) is 4.79 Å². The van der Waals surface area contributed by atoms with Gasteiger partial charge in [0.2, 0.25) is 71.5 Å². The summed E-state index contributed by atoms with van der Waals surface area (Å²) in [6.45, 7) is 2.16. The highest BCUT2D eigenvalue weighted by atomic mass is 35.5. The Balaban J connectivity index is 1.03. The van der Waals surface area contributed by atoms with E-state index in [1.165, 1.54) is 24.3 Å². The second-order valence-corrected chi connectivity index (χ2v) is 36.4. The average Bonchev–Trinajstić information content (AvgIpc) is 0.767. The van der Waals surface area contributed by atoms with Gasteiger partial charge in [0, 0.05) is 48.6 Å². The smallest absolute Gasteiger partial charge is 0.330 e. The Bertz CT molecular complexity index is 5850. The molecule has 28 N–H and O–H groups in total. The maximum atomic E-state index is 17.2. The number of halogens is 2. The molecule has 9 heterocycles. The van der Waals surface area contributed by atoms with Gasteiger partial charge in [-0.05, 0) is 144 Å². The van der Waals surface area contributed by atoms with Crippen molar-refractivity contribution in [2.75, 3.05) is 26.4 Å². The Morgan fingerprint density at radius 1 is 0.496 bits per heavy atom. The van der Waals surface area contributed by atoms with E-state index in [0.717, 1.165) is 117 Å². The first-order chi connectivity index (χ1) is 67.2. The molecule has 9 aliphatic rings. The van der Waals surface area contributed by atoms with Gasteiger partial charge < -0.3 is 179 Å². The summed E-state index contributed by atoms with van der Waals surface area (Å²) in [5, 5.41) is 194. The number of rotatable bonds is 25. The number of phenolic OH excluding ortho intramolecular Hbond substituents is 4. The molecule has 3 fully saturated rings. The number of aliphatic carboxylic acids is 1. The highest BCUT2D eigenvalue weighted by molar-refractivity contribution is 6.32. The van der Waals surface area contributed by atoms with Gasteiger partial charge in [0.05, 0.1) is 35.9 Å². The van der Waals surface area contributed by atoms with Gasteiger partial charge in [0.1, 0.15) is 156 Å². The number of phenols is 4. The first kappa shape index (κ1) is 104. The number of aromatic hydroxyl groups is 4. The monoisotopic (exact) mass is 2010 g/mol. The van der Waals surface area contributed by atoms with E-state index < -0.39 is 339 Å². The lowest BCUT2D eigenvalue weighted by atomic mass is 9.89. The first-order valence-corrected chi connectivity index (χ1v) is 46.1. The molecule has 17 bridgehead atoms. The van der Waals surface area contributed by atoms with Crippen molar-refractivity contribution in [1.82, 2.24) is 47.9 Å². The molecule has 0 radical (unpaired) electrons. The van der Waals surface area contributed by atoms with Crippen LogP contribution in [0.2, 0.25) is 10.0 Å². The second-order valence-electron chi connectivity index (χ2n) is 35.5. The summed E-state index contributed by atoms with van der Waals surface area (Å²) in [6, 6.07) is -1.54. The third kappa shape index (κ3) is 23.6. The van der Waals surface area contributed by atoms with Crippen LogP contribution in [0.5, 0.6) is 69.0 Å². The van der Waals surface area contributed by atoms with E-state index in [0.29, 0.717) is 31.6 Å². The summed E-state index contributed by atoms with van der Waals surface area (Å²) in [4.78, 5) is 155. The molecule has 141 heavy (non-hydrogen) atoms. The van der Waals surface area contributed by atoms with Gasteiger partial charge in [0.15, 0.2) is 35.3 Å². The van der Waals surface area contributed by atoms with E-state index in [1.807, 2.05) is 0 Å². The van der Waals surface area contributed by atoms with Crippen LogP contribution < -0.4 is 83.0 Å². The molecule has 0 unspecified atom stereocenters. The number of aliphatic hydroxyl groups excluding tert-OH is 10. The third-order valence-electron chi connectivity index (χ3n) is 24.9. The first-order valence-electron chi connectivity index (χ1n) is 45.3. The summed E-state index contributed by atoms with van der Waals surface area (Å²) < 4.78 is 57.8. The van der Waals surface area contributed by atoms with Gasteiger partial charge in [0.25, 0.3) is 0 Å². The molecule has 7 aromatic rings. The zero-order valence-electron chi connectivity index (χ0n) is 75.7. The minimum absolute atomic E-state index is 0.0752. The molecule has 7 aromatic carbocycles. The van der Waals surface area contributed by atoms with Crippen LogP contribution in [-0.4, -0.2) is 272 Å². The van der Waals surface area contributed by atoms with Crippen molar-refractivity contribution >= 4 is 82.3 Å². The van der Waals surface area contributed by atoms with E-state index in [-0.39, 0.29) is 41.3 Å². The summed E-state index contributed by atoms with van der Waals surface area (Å²) in [5.41, 5.74) is 8.03. The molecule has 3 saturated heterocycles. The second kappa shape index (κ2) is 45.1. The quantitative estimate of drug-likeness (QED) is 0.0349. The molecule has 0 spiro atoms. The van der Waals surface area contributed by atoms with Crippen LogP contribution in [-0.2, 0) is 73.3 Å². The molecule has 0 saturated carbocycles. The van der Waals surface area contributed by atoms with Crippen LogP contribution in [0.3, 0.4) is 0 Å². The number of carboxylic acids is 1. The highest BCUT2D eigenvalue weighted by Crippen LogP contribution is 2.51. The summed E-state index contributed by atoms with van der Waals surface area (Å²) in [5.74, 6) is -20.8. The van der Waals surface area contributed by atoms with Crippen molar-refractivity contribution in [3.05, 3.63) is 164 Å². The lowest BCUT2D eigenvalue weighted by Crippen LogP contribution is -2.65. The fourth-order valence-corrected chi connectivity index (χ4v) is 18.0. The lowest BCUT2D eigenvalue weighted by molar-refractivity contribution is -0.284. The summed E-state index contributed by atoms with van der Waals surface area (Å²) in [6.07, 6.45) is -25.4. The fourth-order valence-electron chi connectivity index (χ4n) is 17.5. The number of benzene rings is 7. The largest absolute Gasteiger partial charge is 0.508 e. The maximum Gasteiger partial charge on any atom is 0.330 e. The molecular weight excluding hydrogens is 1900 g/mol. The maximum absolute atomic E-state index is 17.2. The minimum Gasteiger partial charge on any atom is -0.508 e. The van der Waals surface area contributed by atoms with Crippen molar-refractivity contribution in [3.63, 3.8) is 0 Å². The average molecular weight is 2010 g/mol. The fraction of sp³-hybridized carbons (Fsp3) is 0.447. The Morgan fingerprint density at radius 3 is 1.69 bits per heavy atom. The van der Waals surface area contributed by atoms with Crippen molar-refractivity contribution in [2.45, 2.75) is 231 Å². The Hall–Kier alpha value is -12.6. The van der Waals surface area contributed by atoms with E-state index in [2.05, 4.69) is 61.7 Å². The molecule has 47 heteroatoms. The van der Waals surface area contributed by atoms with Crippen LogP contribution >= 0.6 is 23.2 Å². The van der Waals surface area contributed by atoms with Crippen molar-refractivity contribution < 1.29 is 167 Å². The van der Waals surface area contributed by atoms with Gasteiger partial charge in [-0.2, -0.15) is 0 Å². The van der Waals surface area contributed by atoms with Crippen LogP contribution in [0, 0.1) is 5.92 Å². The third-order valence-corrected chi connectivity index (χ3v) is 25.5. The Labute approximate surface area is 812 Å². The zero-order valence-corrected chi connectivity index (χ0v) is 77.2. The summed E-state index contributed by atoms with van der Waals surface area (Å²) in [7, 11) is 0. The van der Waals surface area contributed by atoms with E-state index in [4.69, 9.17) is 77.3 Å². The Kier molecular flexibility index (Phi) is 33.3. The van der Waals surface area contributed by atoms with E-state index in [9.17, 15) is 95.8 Å². The predicted molar refractivity (Wildman–Crippen MR) is 488 cm³/mol. The number of ether oxygens (including phenoxy) is 9. The highest BCUT2D eigenvalue weighted by Gasteiger charge is 2.53. The number of nitrogens with two attached hydrogens (primary N) is 2. The number of amides is 9.